The van der Waals surface area contributed by atoms with Gasteiger partial charge in [-0.05, 0) is 12.8 Å². The van der Waals surface area contributed by atoms with Crippen LogP contribution in [0, 0.1) is 17.8 Å². The minimum atomic E-state index is -5.49. The summed E-state index contributed by atoms with van der Waals surface area (Å²) in [5, 5.41) is 0. The van der Waals surface area contributed by atoms with Crippen molar-refractivity contribution in [3.63, 3.8) is 0 Å². The van der Waals surface area contributed by atoms with Crippen LogP contribution in [0.25, 0.3) is 0 Å². The minimum Gasteiger partial charge on any atom is -0.196 e. The van der Waals surface area contributed by atoms with Gasteiger partial charge in [-0.2, -0.15) is 22.0 Å². The molecule has 0 aromatic rings. The highest BCUT2D eigenvalue weighted by molar-refractivity contribution is 5.16. The first-order valence-electron chi connectivity index (χ1n) is 3.65. The second kappa shape index (κ2) is 2.60. The third kappa shape index (κ3) is 1.93. The van der Waals surface area contributed by atoms with Gasteiger partial charge in [0.25, 0.3) is 0 Å². The molecule has 1 aliphatic carbocycles. The van der Waals surface area contributed by atoms with Crippen molar-refractivity contribution in [2.75, 3.05) is 0 Å². The average Bonchev–Trinajstić information content (AvgIpc) is 2.66. The highest BCUT2D eigenvalue weighted by Crippen LogP contribution is 2.55. The fourth-order valence-corrected chi connectivity index (χ4v) is 1.05. The van der Waals surface area contributed by atoms with E-state index in [0.717, 1.165) is 0 Å². The van der Waals surface area contributed by atoms with Crippen LogP contribution in [0.3, 0.4) is 0 Å². The maximum absolute atomic E-state index is 12.4. The molecule has 0 N–H and O–H groups in total. The topological polar surface area (TPSA) is 0 Å². The fraction of sp³-hybridized carbons (Fsp3) is 0.750. The lowest BCUT2D eigenvalue weighted by Crippen LogP contribution is -2.38. The van der Waals surface area contributed by atoms with E-state index in [1.54, 1.807) is 0 Å². The SMILES string of the molecule is C#CC1(CC(F)(F)C(F)(F)F)CC1. The summed E-state index contributed by atoms with van der Waals surface area (Å²) in [7, 11) is 0. The molecule has 0 aliphatic heterocycles. The summed E-state index contributed by atoms with van der Waals surface area (Å²) >= 11 is 0. The molecule has 13 heavy (non-hydrogen) atoms. The van der Waals surface area contributed by atoms with Gasteiger partial charge in [0.1, 0.15) is 0 Å². The van der Waals surface area contributed by atoms with Crippen LogP contribution in [0.4, 0.5) is 22.0 Å². The Morgan fingerprint density at radius 2 is 1.62 bits per heavy atom. The molecule has 0 bridgehead atoms. The molecule has 0 radical (unpaired) electrons. The van der Waals surface area contributed by atoms with E-state index in [-0.39, 0.29) is 12.8 Å². The number of rotatable bonds is 2. The van der Waals surface area contributed by atoms with E-state index in [4.69, 9.17) is 6.42 Å². The minimum absolute atomic E-state index is 0.259. The molecule has 0 saturated heterocycles. The first-order chi connectivity index (χ1) is 5.72. The van der Waals surface area contributed by atoms with Gasteiger partial charge in [0, 0.05) is 11.8 Å². The van der Waals surface area contributed by atoms with Crippen LogP contribution < -0.4 is 0 Å². The summed E-state index contributed by atoms with van der Waals surface area (Å²) in [5.74, 6) is -2.66. The van der Waals surface area contributed by atoms with Crippen molar-refractivity contribution in [3.05, 3.63) is 0 Å². The molecule has 0 amide bonds. The van der Waals surface area contributed by atoms with Crippen LogP contribution in [-0.2, 0) is 0 Å². The first kappa shape index (κ1) is 10.3. The zero-order valence-corrected chi connectivity index (χ0v) is 6.59. The van der Waals surface area contributed by atoms with Gasteiger partial charge in [-0.25, -0.2) is 0 Å². The third-order valence-electron chi connectivity index (χ3n) is 2.13. The van der Waals surface area contributed by atoms with Gasteiger partial charge in [0.2, 0.25) is 0 Å². The van der Waals surface area contributed by atoms with E-state index in [1.165, 1.54) is 0 Å². The van der Waals surface area contributed by atoms with Gasteiger partial charge in [-0.15, -0.1) is 6.42 Å². The molecule has 0 atom stereocenters. The zero-order chi connectivity index (χ0) is 10.3. The summed E-state index contributed by atoms with van der Waals surface area (Å²) < 4.78 is 60.0. The van der Waals surface area contributed by atoms with Gasteiger partial charge in [0.15, 0.2) is 0 Å². The molecule has 0 spiro atoms. The summed E-state index contributed by atoms with van der Waals surface area (Å²) in [5.41, 5.74) is -1.21. The molecular weight excluding hydrogens is 191 g/mol. The number of hydrogen-bond acceptors (Lipinski definition) is 0. The van der Waals surface area contributed by atoms with E-state index in [1.807, 2.05) is 5.92 Å². The highest BCUT2D eigenvalue weighted by atomic mass is 19.4. The predicted molar refractivity (Wildman–Crippen MR) is 36.1 cm³/mol. The van der Waals surface area contributed by atoms with Crippen molar-refractivity contribution in [3.8, 4) is 12.3 Å². The lowest BCUT2D eigenvalue weighted by molar-refractivity contribution is -0.287. The Morgan fingerprint density at radius 3 is 1.85 bits per heavy atom. The van der Waals surface area contributed by atoms with Crippen molar-refractivity contribution in [2.45, 2.75) is 31.4 Å². The summed E-state index contributed by atoms with van der Waals surface area (Å²) in [6.07, 6.45) is -1.38. The maximum atomic E-state index is 12.4. The molecule has 0 aromatic heterocycles. The lowest BCUT2D eigenvalue weighted by atomic mass is 9.98. The number of hydrogen-bond donors (Lipinski definition) is 0. The Labute approximate surface area is 72.1 Å². The van der Waals surface area contributed by atoms with Crippen molar-refractivity contribution in [1.29, 1.82) is 0 Å². The van der Waals surface area contributed by atoms with Gasteiger partial charge in [0.05, 0.1) is 0 Å². The van der Waals surface area contributed by atoms with Crippen LogP contribution in [0.1, 0.15) is 19.3 Å². The predicted octanol–water partition coefficient (Wildman–Crippen LogP) is 2.99. The molecule has 1 saturated carbocycles. The van der Waals surface area contributed by atoms with Crippen LogP contribution in [0.5, 0.6) is 0 Å². The van der Waals surface area contributed by atoms with Crippen molar-refractivity contribution in [2.24, 2.45) is 5.41 Å². The van der Waals surface area contributed by atoms with Crippen LogP contribution in [0.15, 0.2) is 0 Å². The summed E-state index contributed by atoms with van der Waals surface area (Å²) in [6.45, 7) is 0. The molecule has 1 fully saturated rings. The number of alkyl halides is 5. The standard InChI is InChI=1S/C8H7F5/c1-2-6(3-4-6)5-7(9,10)8(11,12)13/h1H,3-5H2. The van der Waals surface area contributed by atoms with E-state index >= 15 is 0 Å². The fourth-order valence-electron chi connectivity index (χ4n) is 1.05. The average molecular weight is 198 g/mol. The Hall–Kier alpha value is -0.790. The second-order valence-corrected chi connectivity index (χ2v) is 3.30. The first-order valence-corrected chi connectivity index (χ1v) is 3.65. The summed E-state index contributed by atoms with van der Waals surface area (Å²) in [6, 6.07) is 0. The molecule has 0 unspecified atom stereocenters. The maximum Gasteiger partial charge on any atom is 0.453 e. The number of halogens is 5. The molecule has 1 aliphatic rings. The van der Waals surface area contributed by atoms with Crippen LogP contribution in [0.2, 0.25) is 0 Å². The van der Waals surface area contributed by atoms with Crippen LogP contribution >= 0.6 is 0 Å². The molecule has 5 heteroatoms. The Kier molecular flexibility index (Phi) is 2.06. The summed E-state index contributed by atoms with van der Waals surface area (Å²) in [4.78, 5) is 0. The Balaban J connectivity index is 2.69. The van der Waals surface area contributed by atoms with E-state index in [0.29, 0.717) is 0 Å². The molecule has 0 aromatic carbocycles. The molecule has 0 heterocycles. The molecule has 74 valence electrons. The van der Waals surface area contributed by atoms with Gasteiger partial charge >= 0.3 is 12.1 Å². The Bertz CT molecular complexity index is 240. The number of terminal acetylenes is 1. The molecule has 1 rings (SSSR count). The second-order valence-electron chi connectivity index (χ2n) is 3.30. The van der Waals surface area contributed by atoms with E-state index in [2.05, 4.69) is 0 Å². The van der Waals surface area contributed by atoms with Crippen molar-refractivity contribution < 1.29 is 22.0 Å². The smallest absolute Gasteiger partial charge is 0.196 e. The molecule has 0 nitrogen and oxygen atoms in total. The monoisotopic (exact) mass is 198 g/mol. The van der Waals surface area contributed by atoms with Crippen molar-refractivity contribution >= 4 is 0 Å². The molecular formula is C8H7F5. The largest absolute Gasteiger partial charge is 0.453 e. The van der Waals surface area contributed by atoms with Gasteiger partial charge in [-0.1, -0.05) is 5.92 Å². The van der Waals surface area contributed by atoms with Crippen molar-refractivity contribution in [1.82, 2.24) is 0 Å². The highest BCUT2D eigenvalue weighted by Gasteiger charge is 2.62. The quantitative estimate of drug-likeness (QED) is 0.472. The van der Waals surface area contributed by atoms with Gasteiger partial charge in [-0.3, -0.25) is 0 Å². The van der Waals surface area contributed by atoms with Gasteiger partial charge < -0.3 is 0 Å². The van der Waals surface area contributed by atoms with E-state index in [9.17, 15) is 22.0 Å². The Morgan fingerprint density at radius 1 is 1.15 bits per heavy atom. The zero-order valence-electron chi connectivity index (χ0n) is 6.59. The van der Waals surface area contributed by atoms with Crippen LogP contribution in [-0.4, -0.2) is 12.1 Å². The normalized spacial score (nSPS) is 20.9. The lowest BCUT2D eigenvalue weighted by Gasteiger charge is -2.21. The third-order valence-corrected chi connectivity index (χ3v) is 2.13. The van der Waals surface area contributed by atoms with E-state index < -0.39 is 23.9 Å².